The first kappa shape index (κ1) is 29.8. The lowest BCUT2D eigenvalue weighted by Gasteiger charge is -2.25. The number of ether oxygens (including phenoxy) is 1. The largest absolute Gasteiger partial charge is 0.467 e. The Bertz CT molecular complexity index is 1200. The second kappa shape index (κ2) is 13.9. The standard InChI is InChI=1S/C30H42N2O5S/c1-22-10-8-9-13-25(22)27-20-24(21-32(2)18-16-23-11-6-5-7-12-23)14-15-26(27)29(33)31-28(30(34)37-3)17-19-38(4,35)36/h8-10,13-15,20,23,28H,5-7,11-12,16-19,21H2,1-4H3,(H,31,33)/t28-/m0/s1. The van der Waals surface area contributed by atoms with E-state index in [0.29, 0.717) is 5.56 Å². The van der Waals surface area contributed by atoms with Crippen molar-refractivity contribution in [2.24, 2.45) is 5.92 Å². The van der Waals surface area contributed by atoms with Gasteiger partial charge in [-0.15, -0.1) is 0 Å². The van der Waals surface area contributed by atoms with Gasteiger partial charge < -0.3 is 15.0 Å². The SMILES string of the molecule is COC(=O)[C@H](CCS(C)(=O)=O)NC(=O)c1ccc(CN(C)CCC2CCCCC2)cc1-c1ccccc1C. The fraction of sp³-hybridized carbons (Fsp3) is 0.533. The maximum Gasteiger partial charge on any atom is 0.328 e. The van der Waals surface area contributed by atoms with Crippen molar-refractivity contribution < 1.29 is 22.7 Å². The number of carbonyl (C=O) groups excluding carboxylic acids is 2. The lowest BCUT2D eigenvalue weighted by Crippen LogP contribution is -2.42. The van der Waals surface area contributed by atoms with Crippen molar-refractivity contribution in [2.45, 2.75) is 64.5 Å². The number of aryl methyl sites for hydroxylation is 1. The number of hydrogen-bond donors (Lipinski definition) is 1. The molecule has 0 radical (unpaired) electrons. The summed E-state index contributed by atoms with van der Waals surface area (Å²) in [6, 6.07) is 12.6. The predicted molar refractivity (Wildman–Crippen MR) is 152 cm³/mol. The van der Waals surface area contributed by atoms with Gasteiger partial charge in [0.15, 0.2) is 0 Å². The molecule has 8 heteroatoms. The minimum absolute atomic E-state index is 0.0547. The van der Waals surface area contributed by atoms with E-state index in [-0.39, 0.29) is 12.2 Å². The van der Waals surface area contributed by atoms with Gasteiger partial charge in [0.2, 0.25) is 0 Å². The molecule has 1 aliphatic rings. The molecule has 3 rings (SSSR count). The molecule has 0 bridgehead atoms. The molecule has 1 N–H and O–H groups in total. The molecular weight excluding hydrogens is 500 g/mol. The highest BCUT2D eigenvalue weighted by Crippen LogP contribution is 2.29. The van der Waals surface area contributed by atoms with Crippen molar-refractivity contribution in [1.29, 1.82) is 0 Å². The van der Waals surface area contributed by atoms with Crippen LogP contribution in [0.1, 0.15) is 66.4 Å². The van der Waals surface area contributed by atoms with E-state index in [4.69, 9.17) is 4.74 Å². The molecule has 38 heavy (non-hydrogen) atoms. The van der Waals surface area contributed by atoms with Crippen LogP contribution in [0.5, 0.6) is 0 Å². The maximum absolute atomic E-state index is 13.4. The number of benzene rings is 2. The van der Waals surface area contributed by atoms with E-state index < -0.39 is 27.8 Å². The van der Waals surface area contributed by atoms with Gasteiger partial charge in [0.05, 0.1) is 12.9 Å². The van der Waals surface area contributed by atoms with Gasteiger partial charge in [-0.05, 0) is 73.7 Å². The first-order chi connectivity index (χ1) is 18.1. The smallest absolute Gasteiger partial charge is 0.328 e. The minimum atomic E-state index is -3.31. The molecule has 7 nitrogen and oxygen atoms in total. The van der Waals surface area contributed by atoms with Crippen molar-refractivity contribution in [2.75, 3.05) is 32.7 Å². The fourth-order valence-corrected chi connectivity index (χ4v) is 5.88. The Kier molecular flexibility index (Phi) is 10.9. The van der Waals surface area contributed by atoms with Gasteiger partial charge in [-0.25, -0.2) is 13.2 Å². The molecule has 2 aromatic carbocycles. The Hall–Kier alpha value is -2.71. The molecule has 1 atom stereocenters. The summed E-state index contributed by atoms with van der Waals surface area (Å²) in [5.41, 5.74) is 4.29. The van der Waals surface area contributed by atoms with Crippen molar-refractivity contribution >= 4 is 21.7 Å². The number of nitrogens with zero attached hydrogens (tertiary/aromatic N) is 1. The first-order valence-electron chi connectivity index (χ1n) is 13.5. The van der Waals surface area contributed by atoms with E-state index in [1.807, 2.05) is 37.3 Å². The van der Waals surface area contributed by atoms with Gasteiger partial charge in [-0.3, -0.25) is 4.79 Å². The Balaban J connectivity index is 1.82. The van der Waals surface area contributed by atoms with E-state index in [0.717, 1.165) is 47.5 Å². The Morgan fingerprint density at radius 2 is 1.79 bits per heavy atom. The molecule has 0 saturated heterocycles. The van der Waals surface area contributed by atoms with Gasteiger partial charge in [-0.2, -0.15) is 0 Å². The Morgan fingerprint density at radius 1 is 1.08 bits per heavy atom. The predicted octanol–water partition coefficient (Wildman–Crippen LogP) is 4.77. The molecule has 1 aliphatic carbocycles. The van der Waals surface area contributed by atoms with Gasteiger partial charge in [0, 0.05) is 18.4 Å². The molecule has 1 amide bonds. The number of amides is 1. The van der Waals surface area contributed by atoms with E-state index >= 15 is 0 Å². The summed E-state index contributed by atoms with van der Waals surface area (Å²) in [6.07, 6.45) is 9.00. The average Bonchev–Trinajstić information content (AvgIpc) is 2.89. The lowest BCUT2D eigenvalue weighted by atomic mass is 9.87. The molecule has 2 aromatic rings. The van der Waals surface area contributed by atoms with Crippen LogP contribution in [0.25, 0.3) is 11.1 Å². The van der Waals surface area contributed by atoms with Gasteiger partial charge in [-0.1, -0.05) is 62.4 Å². The number of rotatable bonds is 12. The zero-order valence-electron chi connectivity index (χ0n) is 23.2. The summed E-state index contributed by atoms with van der Waals surface area (Å²) < 4.78 is 28.2. The van der Waals surface area contributed by atoms with Crippen molar-refractivity contribution in [1.82, 2.24) is 10.2 Å². The van der Waals surface area contributed by atoms with Crippen molar-refractivity contribution in [3.05, 3.63) is 59.2 Å². The molecule has 208 valence electrons. The van der Waals surface area contributed by atoms with Crippen LogP contribution >= 0.6 is 0 Å². The molecule has 0 aliphatic heterocycles. The number of esters is 1. The summed E-state index contributed by atoms with van der Waals surface area (Å²) in [7, 11) is 0.0497. The number of hydrogen-bond acceptors (Lipinski definition) is 6. The minimum Gasteiger partial charge on any atom is -0.467 e. The quantitative estimate of drug-likeness (QED) is 0.389. The zero-order valence-corrected chi connectivity index (χ0v) is 24.0. The van der Waals surface area contributed by atoms with Crippen LogP contribution in [0.3, 0.4) is 0 Å². The third-order valence-corrected chi connectivity index (χ3v) is 8.41. The molecule has 0 heterocycles. The van der Waals surface area contributed by atoms with Crippen molar-refractivity contribution in [3.63, 3.8) is 0 Å². The molecule has 0 spiro atoms. The molecule has 0 unspecified atom stereocenters. The monoisotopic (exact) mass is 542 g/mol. The maximum atomic E-state index is 13.4. The van der Waals surface area contributed by atoms with Crippen LogP contribution in [0.4, 0.5) is 0 Å². The van der Waals surface area contributed by atoms with Crippen LogP contribution in [0, 0.1) is 12.8 Å². The number of sulfone groups is 1. The first-order valence-corrected chi connectivity index (χ1v) is 15.6. The van der Waals surface area contributed by atoms with Crippen molar-refractivity contribution in [3.8, 4) is 11.1 Å². The summed E-state index contributed by atoms with van der Waals surface area (Å²) in [5.74, 6) is -0.519. The highest BCUT2D eigenvalue weighted by molar-refractivity contribution is 7.90. The number of methoxy groups -OCH3 is 1. The average molecular weight is 543 g/mol. The molecule has 1 fully saturated rings. The summed E-state index contributed by atoms with van der Waals surface area (Å²) in [5, 5.41) is 2.71. The van der Waals surface area contributed by atoms with E-state index in [9.17, 15) is 18.0 Å². The van der Waals surface area contributed by atoms with Crippen LogP contribution in [-0.4, -0.2) is 63.9 Å². The summed E-state index contributed by atoms with van der Waals surface area (Å²) in [6.45, 7) is 3.81. The topological polar surface area (TPSA) is 92.8 Å². The highest BCUT2D eigenvalue weighted by Gasteiger charge is 2.25. The summed E-state index contributed by atoms with van der Waals surface area (Å²) in [4.78, 5) is 28.1. The fourth-order valence-electron chi connectivity index (χ4n) is 5.21. The van der Waals surface area contributed by atoms with E-state index in [1.165, 1.54) is 45.6 Å². The lowest BCUT2D eigenvalue weighted by molar-refractivity contribution is -0.142. The van der Waals surface area contributed by atoms with Crippen LogP contribution in [-0.2, 0) is 25.9 Å². The van der Waals surface area contributed by atoms with Gasteiger partial charge in [0.1, 0.15) is 15.9 Å². The van der Waals surface area contributed by atoms with Gasteiger partial charge in [0.25, 0.3) is 5.91 Å². The third kappa shape index (κ3) is 8.95. The Labute approximate surface area is 227 Å². The Morgan fingerprint density at radius 3 is 2.45 bits per heavy atom. The summed E-state index contributed by atoms with van der Waals surface area (Å²) >= 11 is 0. The normalized spacial score (nSPS) is 15.3. The third-order valence-electron chi connectivity index (χ3n) is 7.43. The molecular formula is C30H42N2O5S. The second-order valence-corrected chi connectivity index (χ2v) is 13.0. The number of carbonyl (C=O) groups is 2. The van der Waals surface area contributed by atoms with E-state index in [2.05, 4.69) is 23.3 Å². The molecule has 1 saturated carbocycles. The zero-order chi connectivity index (χ0) is 27.7. The van der Waals surface area contributed by atoms with E-state index in [1.54, 1.807) is 6.07 Å². The second-order valence-electron chi connectivity index (χ2n) is 10.7. The van der Waals surface area contributed by atoms with Gasteiger partial charge >= 0.3 is 5.97 Å². The van der Waals surface area contributed by atoms with Crippen LogP contribution in [0.2, 0.25) is 0 Å². The van der Waals surface area contributed by atoms with Crippen LogP contribution in [0.15, 0.2) is 42.5 Å². The van der Waals surface area contributed by atoms with Crippen LogP contribution < -0.4 is 5.32 Å². The highest BCUT2D eigenvalue weighted by atomic mass is 32.2. The number of nitrogens with one attached hydrogen (secondary N) is 1. The molecule has 0 aromatic heterocycles.